The topological polar surface area (TPSA) is 99.1 Å². The van der Waals surface area contributed by atoms with Gasteiger partial charge in [-0.1, -0.05) is 0 Å². The summed E-state index contributed by atoms with van der Waals surface area (Å²) in [5, 5.41) is 13.9. The summed E-state index contributed by atoms with van der Waals surface area (Å²) in [7, 11) is -3.10. The average molecular weight is 353 g/mol. The maximum Gasteiger partial charge on any atom is 0.244 e. The molecule has 132 valence electrons. The molecule has 1 atom stereocenters. The third-order valence-electron chi connectivity index (χ3n) is 4.12. The molecule has 1 aromatic carbocycles. The number of nitrogens with one attached hydrogen (secondary N) is 1. The van der Waals surface area contributed by atoms with Crippen LogP contribution >= 0.6 is 0 Å². The Morgan fingerprint density at radius 1 is 1.42 bits per heavy atom. The quantitative estimate of drug-likeness (QED) is 0.590. The molecule has 1 fully saturated rings. The van der Waals surface area contributed by atoms with Crippen molar-refractivity contribution in [3.63, 3.8) is 0 Å². The number of carbonyl (C=O) groups excluding carboxylic acids is 1. The molecule has 1 amide bonds. The molecule has 0 radical (unpaired) electrons. The molecule has 2 rings (SSSR count). The minimum atomic E-state index is -3.10. The first-order chi connectivity index (χ1) is 11.4. The summed E-state index contributed by atoms with van der Waals surface area (Å²) in [4.78, 5) is 14.0. The second-order valence-corrected chi connectivity index (χ2v) is 7.98. The Morgan fingerprint density at radius 3 is 2.67 bits per heavy atom. The fourth-order valence-corrected chi connectivity index (χ4v) is 4.43. The fourth-order valence-electron chi connectivity index (χ4n) is 2.69. The summed E-state index contributed by atoms with van der Waals surface area (Å²) in [6, 6.07) is 5.25. The molecule has 1 aliphatic rings. The van der Waals surface area contributed by atoms with E-state index in [-0.39, 0.29) is 17.3 Å². The number of amides is 1. The van der Waals surface area contributed by atoms with Crippen LogP contribution in [0.4, 0.5) is 5.69 Å². The zero-order chi connectivity index (χ0) is 17.7. The number of hydrogen-bond donors (Lipinski definition) is 2. The number of nitrogens with zero attached hydrogens (tertiary/aromatic N) is 2. The second kappa shape index (κ2) is 7.65. The van der Waals surface area contributed by atoms with E-state index in [9.17, 15) is 18.3 Å². The lowest BCUT2D eigenvalue weighted by Gasteiger charge is -2.21. The van der Waals surface area contributed by atoms with Crippen LogP contribution in [0.2, 0.25) is 0 Å². The van der Waals surface area contributed by atoms with Crippen LogP contribution in [0.25, 0.3) is 0 Å². The first-order valence-corrected chi connectivity index (χ1v) is 9.79. The van der Waals surface area contributed by atoms with E-state index < -0.39 is 21.7 Å². The van der Waals surface area contributed by atoms with Gasteiger partial charge in [-0.15, -0.1) is 0 Å². The highest BCUT2D eigenvalue weighted by Gasteiger charge is 2.32. The number of phenols is 1. The van der Waals surface area contributed by atoms with Crippen LogP contribution in [-0.2, 0) is 14.6 Å². The van der Waals surface area contributed by atoms with Gasteiger partial charge in [0.2, 0.25) is 5.91 Å². The van der Waals surface area contributed by atoms with Gasteiger partial charge in [0.05, 0.1) is 23.6 Å². The van der Waals surface area contributed by atoms with Crippen molar-refractivity contribution in [3.05, 3.63) is 23.8 Å². The van der Waals surface area contributed by atoms with Crippen molar-refractivity contribution in [3.8, 4) is 5.75 Å². The maximum absolute atomic E-state index is 11.9. The predicted octanol–water partition coefficient (Wildman–Crippen LogP) is 1.12. The molecular weight excluding hydrogens is 330 g/mol. The van der Waals surface area contributed by atoms with Crippen LogP contribution < -0.4 is 10.3 Å². The Hall–Kier alpha value is -2.09. The van der Waals surface area contributed by atoms with Crippen LogP contribution in [0.1, 0.15) is 25.8 Å². The Kier molecular flexibility index (Phi) is 5.82. The molecule has 8 heteroatoms. The summed E-state index contributed by atoms with van der Waals surface area (Å²) < 4.78 is 22.7. The van der Waals surface area contributed by atoms with Gasteiger partial charge >= 0.3 is 0 Å². The van der Waals surface area contributed by atoms with Crippen LogP contribution in [0, 0.1) is 5.92 Å². The van der Waals surface area contributed by atoms with E-state index in [1.165, 1.54) is 6.21 Å². The monoisotopic (exact) mass is 353 g/mol. The maximum atomic E-state index is 11.9. The van der Waals surface area contributed by atoms with Crippen LogP contribution in [0.5, 0.6) is 5.75 Å². The minimum Gasteiger partial charge on any atom is -0.507 e. The van der Waals surface area contributed by atoms with Crippen molar-refractivity contribution < 1.29 is 18.3 Å². The fraction of sp³-hybridized carbons (Fsp3) is 0.500. The molecule has 0 aromatic heterocycles. The van der Waals surface area contributed by atoms with Crippen molar-refractivity contribution in [2.75, 3.05) is 29.5 Å². The first kappa shape index (κ1) is 18.3. The second-order valence-electron chi connectivity index (χ2n) is 5.75. The van der Waals surface area contributed by atoms with Gasteiger partial charge in [-0.05, 0) is 32.4 Å². The SMILES string of the molecule is CCN(CC)c1ccc(/C=N/NC(=O)[C@@H]2CCS(=O)(=O)C2)c(O)c1. The van der Waals surface area contributed by atoms with E-state index in [1.807, 2.05) is 19.9 Å². The number of hydrazone groups is 1. The molecule has 1 aromatic rings. The van der Waals surface area contributed by atoms with E-state index >= 15 is 0 Å². The van der Waals surface area contributed by atoms with Gasteiger partial charge in [0, 0.05) is 30.4 Å². The Bertz CT molecular complexity index is 727. The molecule has 0 spiro atoms. The third-order valence-corrected chi connectivity index (χ3v) is 5.89. The third kappa shape index (κ3) is 4.47. The van der Waals surface area contributed by atoms with Gasteiger partial charge in [-0.25, -0.2) is 13.8 Å². The number of anilines is 1. The molecule has 1 heterocycles. The summed E-state index contributed by atoms with van der Waals surface area (Å²) in [6.07, 6.45) is 1.68. The van der Waals surface area contributed by atoms with Gasteiger partial charge < -0.3 is 10.0 Å². The van der Waals surface area contributed by atoms with E-state index in [0.717, 1.165) is 18.8 Å². The number of benzene rings is 1. The molecule has 0 saturated carbocycles. The van der Waals surface area contributed by atoms with Crippen molar-refractivity contribution in [2.24, 2.45) is 11.0 Å². The Morgan fingerprint density at radius 2 is 2.12 bits per heavy atom. The van der Waals surface area contributed by atoms with Crippen molar-refractivity contribution in [1.82, 2.24) is 5.43 Å². The highest BCUT2D eigenvalue weighted by Crippen LogP contribution is 2.23. The number of hydrogen-bond acceptors (Lipinski definition) is 6. The van der Waals surface area contributed by atoms with Crippen LogP contribution in [0.3, 0.4) is 0 Å². The zero-order valence-electron chi connectivity index (χ0n) is 13.9. The van der Waals surface area contributed by atoms with Crippen LogP contribution in [0.15, 0.2) is 23.3 Å². The summed E-state index contributed by atoms with van der Waals surface area (Å²) in [6.45, 7) is 5.75. The summed E-state index contributed by atoms with van der Waals surface area (Å²) >= 11 is 0. The van der Waals surface area contributed by atoms with Crippen molar-refractivity contribution in [1.29, 1.82) is 0 Å². The number of sulfone groups is 1. The normalized spacial score (nSPS) is 19.5. The van der Waals surface area contributed by atoms with Gasteiger partial charge in [0.25, 0.3) is 0 Å². The lowest BCUT2D eigenvalue weighted by Crippen LogP contribution is -2.27. The number of phenolic OH excluding ortho intramolecular Hbond substituents is 1. The molecule has 0 aliphatic carbocycles. The highest BCUT2D eigenvalue weighted by molar-refractivity contribution is 7.91. The molecule has 2 N–H and O–H groups in total. The molecule has 0 unspecified atom stereocenters. The zero-order valence-corrected chi connectivity index (χ0v) is 14.7. The largest absolute Gasteiger partial charge is 0.507 e. The molecule has 24 heavy (non-hydrogen) atoms. The molecule has 7 nitrogen and oxygen atoms in total. The smallest absolute Gasteiger partial charge is 0.244 e. The standard InChI is InChI=1S/C16H23N3O4S/c1-3-19(4-2)14-6-5-12(15(20)9-14)10-17-18-16(21)13-7-8-24(22,23)11-13/h5-6,9-10,13,20H,3-4,7-8,11H2,1-2H3,(H,18,21)/b17-10+/t13-/m1/s1. The average Bonchev–Trinajstić information content (AvgIpc) is 2.90. The lowest BCUT2D eigenvalue weighted by molar-refractivity contribution is -0.124. The summed E-state index contributed by atoms with van der Waals surface area (Å²) in [5.74, 6) is -0.973. The molecule has 0 bridgehead atoms. The van der Waals surface area contributed by atoms with Crippen LogP contribution in [-0.4, -0.2) is 50.2 Å². The van der Waals surface area contributed by atoms with Gasteiger partial charge in [-0.2, -0.15) is 5.10 Å². The van der Waals surface area contributed by atoms with Gasteiger partial charge in [0.15, 0.2) is 9.84 Å². The Balaban J connectivity index is 1.98. The molecule has 1 aliphatic heterocycles. The Labute approximate surface area is 142 Å². The van der Waals surface area contributed by atoms with Crippen molar-refractivity contribution in [2.45, 2.75) is 20.3 Å². The number of rotatable bonds is 6. The first-order valence-electron chi connectivity index (χ1n) is 7.97. The number of carbonyl (C=O) groups is 1. The molecular formula is C16H23N3O4S. The minimum absolute atomic E-state index is 0.0441. The van der Waals surface area contributed by atoms with Gasteiger partial charge in [0.1, 0.15) is 5.75 Å². The van der Waals surface area contributed by atoms with Crippen molar-refractivity contribution >= 4 is 27.6 Å². The van der Waals surface area contributed by atoms with Gasteiger partial charge in [-0.3, -0.25) is 4.79 Å². The van der Waals surface area contributed by atoms with E-state index in [0.29, 0.717) is 12.0 Å². The van der Waals surface area contributed by atoms with E-state index in [1.54, 1.807) is 12.1 Å². The highest BCUT2D eigenvalue weighted by atomic mass is 32.2. The van der Waals surface area contributed by atoms with E-state index in [4.69, 9.17) is 0 Å². The van der Waals surface area contributed by atoms with E-state index in [2.05, 4.69) is 15.4 Å². The predicted molar refractivity (Wildman–Crippen MR) is 94.2 cm³/mol. The summed E-state index contributed by atoms with van der Waals surface area (Å²) in [5.41, 5.74) is 3.73. The molecule has 1 saturated heterocycles. The number of aromatic hydroxyl groups is 1. The lowest BCUT2D eigenvalue weighted by atomic mass is 10.1.